The van der Waals surface area contributed by atoms with Gasteiger partial charge in [-0.15, -0.1) is 11.8 Å². The third-order valence-corrected chi connectivity index (χ3v) is 4.46. The van der Waals surface area contributed by atoms with Gasteiger partial charge >= 0.3 is 0 Å². The quantitative estimate of drug-likeness (QED) is 0.772. The number of carbonyl (C=O) groups is 1. The van der Waals surface area contributed by atoms with Crippen molar-refractivity contribution < 1.29 is 9.90 Å². The predicted octanol–water partition coefficient (Wildman–Crippen LogP) is 3.08. The van der Waals surface area contributed by atoms with Crippen LogP contribution in [0.2, 0.25) is 0 Å². The Labute approximate surface area is 127 Å². The number of benzene rings is 1. The molecule has 5 heteroatoms. The Bertz CT molecular complexity index is 426. The summed E-state index contributed by atoms with van der Waals surface area (Å²) in [5.41, 5.74) is 1.17. The predicted molar refractivity (Wildman–Crippen MR) is 83.6 cm³/mol. The molecule has 0 aliphatic carbocycles. The number of halogens is 1. The van der Waals surface area contributed by atoms with Crippen LogP contribution < -0.4 is 0 Å². The summed E-state index contributed by atoms with van der Waals surface area (Å²) < 4.78 is 1.05. The van der Waals surface area contributed by atoms with E-state index in [1.54, 1.807) is 16.7 Å². The summed E-state index contributed by atoms with van der Waals surface area (Å²) >= 11 is 5.00. The van der Waals surface area contributed by atoms with Crippen molar-refractivity contribution in [3.05, 3.63) is 28.2 Å². The van der Waals surface area contributed by atoms with E-state index >= 15 is 0 Å². The molecule has 0 radical (unpaired) electrons. The van der Waals surface area contributed by atoms with Crippen LogP contribution >= 0.6 is 27.7 Å². The lowest BCUT2D eigenvalue weighted by molar-refractivity contribution is -0.128. The van der Waals surface area contributed by atoms with Gasteiger partial charge in [0.15, 0.2) is 0 Å². The average molecular weight is 346 g/mol. The highest BCUT2D eigenvalue weighted by atomic mass is 79.9. The van der Waals surface area contributed by atoms with Gasteiger partial charge in [0.1, 0.15) is 0 Å². The van der Waals surface area contributed by atoms with Crippen molar-refractivity contribution in [2.24, 2.45) is 0 Å². The Morgan fingerprint density at radius 1 is 1.47 bits per heavy atom. The lowest BCUT2D eigenvalue weighted by Gasteiger charge is -2.20. The Balaban J connectivity index is 2.52. The Morgan fingerprint density at radius 3 is 2.79 bits per heavy atom. The molecule has 0 heterocycles. The lowest BCUT2D eigenvalue weighted by Crippen LogP contribution is -2.33. The van der Waals surface area contributed by atoms with Crippen molar-refractivity contribution in [1.29, 1.82) is 0 Å². The van der Waals surface area contributed by atoms with E-state index in [1.807, 2.05) is 26.0 Å². The molecular weight excluding hydrogens is 326 g/mol. The minimum absolute atomic E-state index is 0.128. The summed E-state index contributed by atoms with van der Waals surface area (Å²) in [4.78, 5) is 15.0. The van der Waals surface area contributed by atoms with Gasteiger partial charge in [-0.2, -0.15) is 0 Å². The second-order valence-corrected chi connectivity index (χ2v) is 6.18. The average Bonchev–Trinajstić information content (AvgIpc) is 2.38. The van der Waals surface area contributed by atoms with E-state index in [2.05, 4.69) is 22.0 Å². The number of nitrogens with zero attached hydrogens (tertiary/aromatic N) is 1. The first-order valence-corrected chi connectivity index (χ1v) is 8.14. The highest BCUT2D eigenvalue weighted by molar-refractivity contribution is 9.10. The molecule has 1 aromatic rings. The van der Waals surface area contributed by atoms with Crippen LogP contribution in [0.4, 0.5) is 0 Å². The topological polar surface area (TPSA) is 40.5 Å². The molecule has 1 aromatic carbocycles. The highest BCUT2D eigenvalue weighted by Gasteiger charge is 2.12. The standard InChI is InChI=1S/C14H20BrNO2S/c1-3-16(7-4-8-17)14(18)10-19-13-6-5-12(15)9-11(13)2/h5-6,9,17H,3-4,7-8,10H2,1-2H3. The van der Waals surface area contributed by atoms with E-state index in [1.165, 1.54) is 5.56 Å². The minimum atomic E-state index is 0.128. The minimum Gasteiger partial charge on any atom is -0.396 e. The molecule has 0 bridgehead atoms. The van der Waals surface area contributed by atoms with E-state index in [-0.39, 0.29) is 12.5 Å². The molecule has 1 N–H and O–H groups in total. The molecule has 0 unspecified atom stereocenters. The monoisotopic (exact) mass is 345 g/mol. The molecule has 0 spiro atoms. The van der Waals surface area contributed by atoms with Gasteiger partial charge in [-0.25, -0.2) is 0 Å². The fraction of sp³-hybridized carbons (Fsp3) is 0.500. The summed E-state index contributed by atoms with van der Waals surface area (Å²) in [6.45, 7) is 5.46. The number of aliphatic hydroxyl groups excluding tert-OH is 1. The van der Waals surface area contributed by atoms with Crippen molar-refractivity contribution in [1.82, 2.24) is 4.90 Å². The van der Waals surface area contributed by atoms with Crippen LogP contribution in [0, 0.1) is 6.92 Å². The zero-order chi connectivity index (χ0) is 14.3. The molecular formula is C14H20BrNO2S. The van der Waals surface area contributed by atoms with Gasteiger partial charge in [-0.3, -0.25) is 4.79 Å². The zero-order valence-corrected chi connectivity index (χ0v) is 13.8. The van der Waals surface area contributed by atoms with Crippen molar-refractivity contribution in [2.45, 2.75) is 25.2 Å². The van der Waals surface area contributed by atoms with E-state index in [0.717, 1.165) is 9.37 Å². The molecule has 0 fully saturated rings. The van der Waals surface area contributed by atoms with Gasteiger partial charge in [-0.1, -0.05) is 15.9 Å². The number of hydrogen-bond donors (Lipinski definition) is 1. The third-order valence-electron chi connectivity index (χ3n) is 2.81. The smallest absolute Gasteiger partial charge is 0.232 e. The molecule has 0 atom stereocenters. The Hall–Kier alpha value is -0.520. The first kappa shape index (κ1) is 16.5. The van der Waals surface area contributed by atoms with Crippen molar-refractivity contribution in [2.75, 3.05) is 25.4 Å². The van der Waals surface area contributed by atoms with E-state index in [0.29, 0.717) is 25.3 Å². The Morgan fingerprint density at radius 2 is 2.21 bits per heavy atom. The molecule has 0 aliphatic rings. The van der Waals surface area contributed by atoms with Crippen LogP contribution in [0.15, 0.2) is 27.6 Å². The van der Waals surface area contributed by atoms with Gasteiger partial charge in [-0.05, 0) is 44.0 Å². The van der Waals surface area contributed by atoms with Crippen LogP contribution in [-0.2, 0) is 4.79 Å². The molecule has 0 saturated heterocycles. The van der Waals surface area contributed by atoms with Gasteiger partial charge in [0.2, 0.25) is 5.91 Å². The summed E-state index contributed by atoms with van der Waals surface area (Å²) in [5, 5.41) is 8.82. The highest BCUT2D eigenvalue weighted by Crippen LogP contribution is 2.25. The van der Waals surface area contributed by atoms with Crippen LogP contribution in [0.25, 0.3) is 0 Å². The zero-order valence-electron chi connectivity index (χ0n) is 11.4. The molecule has 1 rings (SSSR count). The van der Waals surface area contributed by atoms with E-state index < -0.39 is 0 Å². The van der Waals surface area contributed by atoms with Gasteiger partial charge in [0.25, 0.3) is 0 Å². The second kappa shape index (κ2) is 8.61. The molecule has 0 saturated carbocycles. The maximum absolute atomic E-state index is 12.0. The van der Waals surface area contributed by atoms with Crippen molar-refractivity contribution >= 4 is 33.6 Å². The van der Waals surface area contributed by atoms with Crippen LogP contribution in [0.3, 0.4) is 0 Å². The third kappa shape index (κ3) is 5.55. The van der Waals surface area contributed by atoms with Gasteiger partial charge in [0.05, 0.1) is 5.75 Å². The van der Waals surface area contributed by atoms with Crippen LogP contribution in [-0.4, -0.2) is 41.4 Å². The van der Waals surface area contributed by atoms with Crippen LogP contribution in [0.5, 0.6) is 0 Å². The summed E-state index contributed by atoms with van der Waals surface area (Å²) in [6, 6.07) is 6.07. The number of amides is 1. The van der Waals surface area contributed by atoms with Crippen LogP contribution in [0.1, 0.15) is 18.9 Å². The number of rotatable bonds is 7. The SMILES string of the molecule is CCN(CCCO)C(=O)CSc1ccc(Br)cc1C. The summed E-state index contributed by atoms with van der Waals surface area (Å²) in [6.07, 6.45) is 0.640. The van der Waals surface area contributed by atoms with Gasteiger partial charge in [0, 0.05) is 29.1 Å². The summed E-state index contributed by atoms with van der Waals surface area (Å²) in [5.74, 6) is 0.574. The Kier molecular flexibility index (Phi) is 7.49. The summed E-state index contributed by atoms with van der Waals surface area (Å²) in [7, 11) is 0. The maximum atomic E-state index is 12.0. The van der Waals surface area contributed by atoms with E-state index in [9.17, 15) is 4.79 Å². The maximum Gasteiger partial charge on any atom is 0.232 e. The first-order chi connectivity index (χ1) is 9.08. The number of aryl methyl sites for hydroxylation is 1. The molecule has 3 nitrogen and oxygen atoms in total. The number of hydrogen-bond acceptors (Lipinski definition) is 3. The lowest BCUT2D eigenvalue weighted by atomic mass is 10.2. The number of carbonyl (C=O) groups excluding carboxylic acids is 1. The largest absolute Gasteiger partial charge is 0.396 e. The molecule has 0 aliphatic heterocycles. The number of thioether (sulfide) groups is 1. The van der Waals surface area contributed by atoms with Crippen molar-refractivity contribution in [3.8, 4) is 0 Å². The van der Waals surface area contributed by atoms with Gasteiger partial charge < -0.3 is 10.0 Å². The normalized spacial score (nSPS) is 10.5. The fourth-order valence-corrected chi connectivity index (χ4v) is 3.11. The van der Waals surface area contributed by atoms with E-state index in [4.69, 9.17) is 5.11 Å². The molecule has 1 amide bonds. The fourth-order valence-electron chi connectivity index (χ4n) is 1.73. The molecule has 19 heavy (non-hydrogen) atoms. The van der Waals surface area contributed by atoms with Crippen molar-refractivity contribution in [3.63, 3.8) is 0 Å². The second-order valence-electron chi connectivity index (χ2n) is 4.25. The first-order valence-electron chi connectivity index (χ1n) is 6.36. The number of aliphatic hydroxyl groups is 1. The molecule has 106 valence electrons. The molecule has 0 aromatic heterocycles.